The zero-order valence-electron chi connectivity index (χ0n) is 17.4. The molecular formula is C22H17F5N2O4. The third kappa shape index (κ3) is 4.22. The predicted molar refractivity (Wildman–Crippen MR) is 110 cm³/mol. The average Bonchev–Trinajstić information content (AvgIpc) is 3.16. The van der Waals surface area contributed by atoms with Crippen LogP contribution < -0.4 is 19.8 Å². The van der Waals surface area contributed by atoms with E-state index in [-0.39, 0.29) is 34.0 Å². The summed E-state index contributed by atoms with van der Waals surface area (Å²) in [6, 6.07) is 5.70. The topological polar surface area (TPSA) is 62.6 Å². The van der Waals surface area contributed by atoms with E-state index in [1.54, 1.807) is 6.08 Å². The van der Waals surface area contributed by atoms with Crippen molar-refractivity contribution in [2.45, 2.75) is 25.8 Å². The fraction of sp³-hybridized carbons (Fsp3) is 0.273. The van der Waals surface area contributed by atoms with Gasteiger partial charge in [0.1, 0.15) is 5.82 Å². The number of fused-ring (bicyclic) bond motifs is 2. The van der Waals surface area contributed by atoms with Crippen molar-refractivity contribution in [3.8, 4) is 17.2 Å². The van der Waals surface area contributed by atoms with Crippen molar-refractivity contribution in [2.75, 3.05) is 14.2 Å². The second-order valence-corrected chi connectivity index (χ2v) is 7.17. The number of aromatic nitrogens is 2. The molecule has 0 bridgehead atoms. The second-order valence-electron chi connectivity index (χ2n) is 7.17. The molecule has 1 aliphatic heterocycles. The molecule has 6 nitrogen and oxygen atoms in total. The minimum Gasteiger partial charge on any atom is -0.493 e. The van der Waals surface area contributed by atoms with E-state index in [2.05, 4.69) is 9.72 Å². The number of halogens is 5. The Kier molecular flexibility index (Phi) is 5.73. The van der Waals surface area contributed by atoms with Crippen LogP contribution in [0, 0.1) is 0 Å². The molecule has 0 radical (unpaired) electrons. The van der Waals surface area contributed by atoms with Gasteiger partial charge in [0.2, 0.25) is 5.75 Å². The smallest absolute Gasteiger partial charge is 0.416 e. The molecule has 1 aliphatic rings. The standard InChI is InChI=1S/C22H17F5N2O4/c1-31-16-8-11(9-17(32-2)18(16)33-21(23)24)7-12-5-6-29-19(12)28-15-10-13(22(25,26)27)3-4-14(15)20(29)30/h3-4,7-10,21H,5-6H2,1-2H3/b12-7+. The van der Waals surface area contributed by atoms with Gasteiger partial charge in [0.05, 0.1) is 30.7 Å². The number of nitrogens with zero attached hydrogens (tertiary/aromatic N) is 2. The van der Waals surface area contributed by atoms with E-state index < -0.39 is 23.9 Å². The Morgan fingerprint density at radius 1 is 1.09 bits per heavy atom. The molecule has 2 aromatic carbocycles. The van der Waals surface area contributed by atoms with Crippen LogP contribution in [0.2, 0.25) is 0 Å². The number of alkyl halides is 5. The van der Waals surface area contributed by atoms with E-state index in [1.165, 1.54) is 30.9 Å². The van der Waals surface area contributed by atoms with E-state index in [1.807, 2.05) is 0 Å². The van der Waals surface area contributed by atoms with Gasteiger partial charge in [-0.05, 0) is 54.0 Å². The van der Waals surface area contributed by atoms with Crippen molar-refractivity contribution in [1.82, 2.24) is 9.55 Å². The Hall–Kier alpha value is -3.63. The van der Waals surface area contributed by atoms with Crippen LogP contribution >= 0.6 is 0 Å². The molecule has 11 heteroatoms. The first kappa shape index (κ1) is 22.6. The van der Waals surface area contributed by atoms with Gasteiger partial charge < -0.3 is 14.2 Å². The van der Waals surface area contributed by atoms with Gasteiger partial charge in [0.15, 0.2) is 11.5 Å². The first-order valence-electron chi connectivity index (χ1n) is 9.66. The first-order chi connectivity index (χ1) is 15.6. The summed E-state index contributed by atoms with van der Waals surface area (Å²) in [5.41, 5.74) is -0.350. The summed E-state index contributed by atoms with van der Waals surface area (Å²) in [5, 5.41) is 0.0878. The van der Waals surface area contributed by atoms with Crippen LogP contribution in [-0.2, 0) is 12.7 Å². The van der Waals surface area contributed by atoms with E-state index in [0.717, 1.165) is 18.2 Å². The Bertz CT molecular complexity index is 1290. The Morgan fingerprint density at radius 3 is 2.33 bits per heavy atom. The summed E-state index contributed by atoms with van der Waals surface area (Å²) in [4.78, 5) is 17.1. The molecule has 0 aliphatic carbocycles. The number of hydrogen-bond donors (Lipinski definition) is 0. The zero-order chi connectivity index (χ0) is 23.9. The van der Waals surface area contributed by atoms with Gasteiger partial charge in [0.25, 0.3) is 5.56 Å². The number of hydrogen-bond acceptors (Lipinski definition) is 5. The van der Waals surface area contributed by atoms with Crippen LogP contribution in [0.3, 0.4) is 0 Å². The van der Waals surface area contributed by atoms with Crippen molar-refractivity contribution in [3.05, 3.63) is 57.6 Å². The summed E-state index contributed by atoms with van der Waals surface area (Å²) in [5.74, 6) is -0.0435. The summed E-state index contributed by atoms with van der Waals surface area (Å²) < 4.78 is 81.0. The number of rotatable bonds is 5. The fourth-order valence-corrected chi connectivity index (χ4v) is 3.72. The molecule has 2 heterocycles. The predicted octanol–water partition coefficient (Wildman–Crippen LogP) is 4.98. The summed E-state index contributed by atoms with van der Waals surface area (Å²) in [7, 11) is 2.56. The van der Waals surface area contributed by atoms with E-state index in [0.29, 0.717) is 24.1 Å². The lowest BCUT2D eigenvalue weighted by molar-refractivity contribution is -0.137. The number of methoxy groups -OCH3 is 2. The van der Waals surface area contributed by atoms with Crippen molar-refractivity contribution >= 4 is 22.6 Å². The maximum absolute atomic E-state index is 13.1. The van der Waals surface area contributed by atoms with Crippen molar-refractivity contribution in [3.63, 3.8) is 0 Å². The summed E-state index contributed by atoms with van der Waals surface area (Å²) in [6.07, 6.45) is -2.54. The molecule has 4 rings (SSSR count). The third-order valence-electron chi connectivity index (χ3n) is 5.21. The minimum absolute atomic E-state index is 0.00169. The van der Waals surface area contributed by atoms with Gasteiger partial charge in [0, 0.05) is 6.54 Å². The highest BCUT2D eigenvalue weighted by Crippen LogP contribution is 2.41. The lowest BCUT2D eigenvalue weighted by Gasteiger charge is -2.15. The molecule has 0 N–H and O–H groups in total. The molecule has 174 valence electrons. The van der Waals surface area contributed by atoms with Gasteiger partial charge in [-0.1, -0.05) is 0 Å². The molecule has 0 saturated carbocycles. The maximum Gasteiger partial charge on any atom is 0.416 e. The van der Waals surface area contributed by atoms with Crippen LogP contribution in [-0.4, -0.2) is 30.4 Å². The Morgan fingerprint density at radius 2 is 1.76 bits per heavy atom. The highest BCUT2D eigenvalue weighted by Gasteiger charge is 2.31. The van der Waals surface area contributed by atoms with Crippen molar-refractivity contribution in [2.24, 2.45) is 0 Å². The van der Waals surface area contributed by atoms with E-state index >= 15 is 0 Å². The molecule has 0 spiro atoms. The van der Waals surface area contributed by atoms with Crippen LogP contribution in [0.25, 0.3) is 22.6 Å². The van der Waals surface area contributed by atoms with Crippen LogP contribution in [0.1, 0.15) is 23.4 Å². The molecule has 0 saturated heterocycles. The van der Waals surface area contributed by atoms with Crippen LogP contribution in [0.4, 0.5) is 22.0 Å². The highest BCUT2D eigenvalue weighted by atomic mass is 19.4. The molecule has 3 aromatic rings. The van der Waals surface area contributed by atoms with Crippen LogP contribution in [0.15, 0.2) is 35.1 Å². The van der Waals surface area contributed by atoms with Crippen molar-refractivity contribution < 1.29 is 36.2 Å². The van der Waals surface area contributed by atoms with E-state index in [4.69, 9.17) is 9.47 Å². The van der Waals surface area contributed by atoms with Gasteiger partial charge in [-0.3, -0.25) is 9.36 Å². The first-order valence-corrected chi connectivity index (χ1v) is 9.66. The number of allylic oxidation sites excluding steroid dienone is 1. The molecule has 1 aromatic heterocycles. The molecule has 0 fully saturated rings. The Labute approximate surface area is 183 Å². The normalized spacial score (nSPS) is 14.7. The summed E-state index contributed by atoms with van der Waals surface area (Å²) >= 11 is 0. The van der Waals surface area contributed by atoms with Gasteiger partial charge >= 0.3 is 12.8 Å². The molecule has 0 unspecified atom stereocenters. The summed E-state index contributed by atoms with van der Waals surface area (Å²) in [6.45, 7) is -2.80. The van der Waals surface area contributed by atoms with Gasteiger partial charge in [-0.2, -0.15) is 22.0 Å². The number of benzene rings is 2. The molecular weight excluding hydrogens is 451 g/mol. The van der Waals surface area contributed by atoms with Gasteiger partial charge in [-0.25, -0.2) is 4.98 Å². The number of ether oxygens (including phenoxy) is 3. The highest BCUT2D eigenvalue weighted by molar-refractivity contribution is 5.85. The lowest BCUT2D eigenvalue weighted by atomic mass is 10.1. The largest absolute Gasteiger partial charge is 0.493 e. The lowest BCUT2D eigenvalue weighted by Crippen LogP contribution is -2.21. The molecule has 0 atom stereocenters. The minimum atomic E-state index is -4.57. The SMILES string of the molecule is COc1cc(/C=C2\CCn3c2nc2cc(C(F)(F)F)ccc2c3=O)cc(OC)c1OC(F)F. The van der Waals surface area contributed by atoms with E-state index in [9.17, 15) is 26.7 Å². The van der Waals surface area contributed by atoms with Crippen molar-refractivity contribution in [1.29, 1.82) is 0 Å². The zero-order valence-corrected chi connectivity index (χ0v) is 17.4. The second kappa shape index (κ2) is 8.38. The third-order valence-corrected chi connectivity index (χ3v) is 5.21. The molecule has 0 amide bonds. The Balaban J connectivity index is 1.83. The average molecular weight is 468 g/mol. The molecule has 33 heavy (non-hydrogen) atoms. The van der Waals surface area contributed by atoms with Gasteiger partial charge in [-0.15, -0.1) is 0 Å². The maximum atomic E-state index is 13.1. The van der Waals surface area contributed by atoms with Crippen LogP contribution in [0.5, 0.6) is 17.2 Å². The fourth-order valence-electron chi connectivity index (χ4n) is 3.72. The monoisotopic (exact) mass is 468 g/mol. The quantitative estimate of drug-likeness (QED) is 0.495.